The molecule has 0 fully saturated rings. The van der Waals surface area contributed by atoms with E-state index in [0.717, 1.165) is 5.56 Å². The average molecular weight is 265 g/mol. The van der Waals surface area contributed by atoms with E-state index < -0.39 is 0 Å². The van der Waals surface area contributed by atoms with Crippen molar-refractivity contribution in [3.8, 4) is 0 Å². The van der Waals surface area contributed by atoms with Crippen molar-refractivity contribution in [1.82, 2.24) is 0 Å². The number of ketones is 1. The molecule has 2 rings (SSSR count). The monoisotopic (exact) mass is 264 g/mol. The summed E-state index contributed by atoms with van der Waals surface area (Å²) in [6, 6.07) is 12.5. The first-order valence-electron chi connectivity index (χ1n) is 5.15. The molecule has 0 saturated carbocycles. The Bertz CT molecular complexity index is 576. The molecule has 0 amide bonds. The van der Waals surface area contributed by atoms with Gasteiger partial charge in [0.2, 0.25) is 0 Å². The molecule has 0 aromatic heterocycles. The van der Waals surface area contributed by atoms with Crippen molar-refractivity contribution < 1.29 is 4.79 Å². The first-order chi connectivity index (χ1) is 8.09. The zero-order valence-electron chi connectivity index (χ0n) is 9.21. The molecule has 0 N–H and O–H groups in total. The van der Waals surface area contributed by atoms with Gasteiger partial charge in [-0.3, -0.25) is 4.79 Å². The molecule has 0 aliphatic rings. The Morgan fingerprint density at radius 3 is 2.47 bits per heavy atom. The molecule has 2 aromatic carbocycles. The molecule has 0 atom stereocenters. The van der Waals surface area contributed by atoms with Crippen molar-refractivity contribution in [3.63, 3.8) is 0 Å². The minimum absolute atomic E-state index is 0.110. The normalized spacial score (nSPS) is 10.3. The van der Waals surface area contributed by atoms with Gasteiger partial charge in [0.05, 0.1) is 10.0 Å². The van der Waals surface area contributed by atoms with Gasteiger partial charge < -0.3 is 0 Å². The van der Waals surface area contributed by atoms with Crippen LogP contribution >= 0.6 is 23.2 Å². The highest BCUT2D eigenvalue weighted by atomic mass is 35.5. The van der Waals surface area contributed by atoms with E-state index in [1.54, 1.807) is 24.3 Å². The Labute approximate surface area is 110 Å². The van der Waals surface area contributed by atoms with Gasteiger partial charge in [0.15, 0.2) is 5.78 Å². The van der Waals surface area contributed by atoms with E-state index in [2.05, 4.69) is 0 Å². The van der Waals surface area contributed by atoms with Crippen molar-refractivity contribution in [2.75, 3.05) is 0 Å². The molecule has 2 aromatic rings. The molecule has 0 heterocycles. The van der Waals surface area contributed by atoms with Crippen LogP contribution in [0.25, 0.3) is 0 Å². The fourth-order valence-electron chi connectivity index (χ4n) is 1.62. The summed E-state index contributed by atoms with van der Waals surface area (Å²) in [4.78, 5) is 12.2. The van der Waals surface area contributed by atoms with Crippen molar-refractivity contribution >= 4 is 29.0 Å². The van der Waals surface area contributed by atoms with Crippen LogP contribution in [0.3, 0.4) is 0 Å². The largest absolute Gasteiger partial charge is 0.289 e. The standard InChI is InChI=1S/C14H10Cl2O/c1-9-4-2-5-10(8-9)14(17)11-6-3-7-12(15)13(11)16/h2-8H,1H3. The molecule has 1 nitrogen and oxygen atoms in total. The smallest absolute Gasteiger partial charge is 0.194 e. The second-order valence-corrected chi connectivity index (χ2v) is 4.59. The van der Waals surface area contributed by atoms with Crippen molar-refractivity contribution in [1.29, 1.82) is 0 Å². The van der Waals surface area contributed by atoms with Gasteiger partial charge in [-0.2, -0.15) is 0 Å². The van der Waals surface area contributed by atoms with Crippen LogP contribution in [0.5, 0.6) is 0 Å². The van der Waals surface area contributed by atoms with Gasteiger partial charge in [0.25, 0.3) is 0 Å². The molecule has 0 radical (unpaired) electrons. The molecular formula is C14H10Cl2O. The maximum atomic E-state index is 12.2. The van der Waals surface area contributed by atoms with Crippen LogP contribution in [0.4, 0.5) is 0 Å². The van der Waals surface area contributed by atoms with Gasteiger partial charge in [-0.1, -0.05) is 53.0 Å². The Morgan fingerprint density at radius 1 is 1.06 bits per heavy atom. The summed E-state index contributed by atoms with van der Waals surface area (Å²) in [6.07, 6.45) is 0. The van der Waals surface area contributed by atoms with E-state index in [4.69, 9.17) is 23.2 Å². The number of hydrogen-bond acceptors (Lipinski definition) is 1. The molecule has 0 aliphatic heterocycles. The predicted molar refractivity (Wildman–Crippen MR) is 71.1 cm³/mol. The molecule has 0 saturated heterocycles. The number of rotatable bonds is 2. The third-order valence-corrected chi connectivity index (χ3v) is 3.30. The summed E-state index contributed by atoms with van der Waals surface area (Å²) in [7, 11) is 0. The molecule has 17 heavy (non-hydrogen) atoms. The van der Waals surface area contributed by atoms with E-state index in [1.165, 1.54) is 0 Å². The zero-order chi connectivity index (χ0) is 12.4. The van der Waals surface area contributed by atoms with E-state index >= 15 is 0 Å². The van der Waals surface area contributed by atoms with Gasteiger partial charge in [-0.15, -0.1) is 0 Å². The number of halogens is 2. The SMILES string of the molecule is Cc1cccc(C(=O)c2cccc(Cl)c2Cl)c1. The van der Waals surface area contributed by atoms with Crippen molar-refractivity contribution in [2.24, 2.45) is 0 Å². The highest BCUT2D eigenvalue weighted by Crippen LogP contribution is 2.27. The summed E-state index contributed by atoms with van der Waals surface area (Å²) in [6.45, 7) is 1.94. The number of benzene rings is 2. The Morgan fingerprint density at radius 2 is 1.76 bits per heavy atom. The number of hydrogen-bond donors (Lipinski definition) is 0. The summed E-state index contributed by atoms with van der Waals surface area (Å²) in [5, 5.41) is 0.700. The van der Waals surface area contributed by atoms with Gasteiger partial charge >= 0.3 is 0 Å². The van der Waals surface area contributed by atoms with E-state index in [1.807, 2.05) is 25.1 Å². The van der Waals surface area contributed by atoms with Crippen LogP contribution in [0.15, 0.2) is 42.5 Å². The number of aryl methyl sites for hydroxylation is 1. The van der Waals surface area contributed by atoms with Crippen LogP contribution in [0.2, 0.25) is 10.0 Å². The minimum Gasteiger partial charge on any atom is -0.289 e. The summed E-state index contributed by atoms with van der Waals surface area (Å²) >= 11 is 11.9. The predicted octanol–water partition coefficient (Wildman–Crippen LogP) is 4.53. The first-order valence-corrected chi connectivity index (χ1v) is 5.90. The molecule has 0 bridgehead atoms. The topological polar surface area (TPSA) is 17.1 Å². The molecule has 0 unspecified atom stereocenters. The highest BCUT2D eigenvalue weighted by molar-refractivity contribution is 6.44. The van der Waals surface area contributed by atoms with Gasteiger partial charge in [-0.05, 0) is 25.1 Å². The van der Waals surface area contributed by atoms with Crippen LogP contribution in [0.1, 0.15) is 21.5 Å². The van der Waals surface area contributed by atoms with Gasteiger partial charge in [0.1, 0.15) is 0 Å². The average Bonchev–Trinajstić information content (AvgIpc) is 2.32. The van der Waals surface area contributed by atoms with Gasteiger partial charge in [-0.25, -0.2) is 0 Å². The van der Waals surface area contributed by atoms with Crippen LogP contribution in [0, 0.1) is 6.92 Å². The Hall–Kier alpha value is -1.31. The van der Waals surface area contributed by atoms with Gasteiger partial charge in [0, 0.05) is 11.1 Å². The maximum Gasteiger partial charge on any atom is 0.194 e. The lowest BCUT2D eigenvalue weighted by Gasteiger charge is -2.05. The molecule has 3 heteroatoms. The summed E-state index contributed by atoms with van der Waals surface area (Å²) in [5.41, 5.74) is 2.09. The molecular weight excluding hydrogens is 255 g/mol. The minimum atomic E-state index is -0.110. The first kappa shape index (κ1) is 12.2. The van der Waals surface area contributed by atoms with Crippen LogP contribution in [-0.2, 0) is 0 Å². The molecule has 0 spiro atoms. The number of carbonyl (C=O) groups is 1. The van der Waals surface area contributed by atoms with Crippen LogP contribution < -0.4 is 0 Å². The zero-order valence-corrected chi connectivity index (χ0v) is 10.7. The lowest BCUT2D eigenvalue weighted by atomic mass is 10.0. The van der Waals surface area contributed by atoms with Crippen molar-refractivity contribution in [3.05, 3.63) is 69.2 Å². The third kappa shape index (κ3) is 2.51. The number of carbonyl (C=O) groups excluding carboxylic acids is 1. The van der Waals surface area contributed by atoms with Crippen LogP contribution in [-0.4, -0.2) is 5.78 Å². The fourth-order valence-corrected chi connectivity index (χ4v) is 2.01. The summed E-state index contributed by atoms with van der Waals surface area (Å²) < 4.78 is 0. The summed E-state index contributed by atoms with van der Waals surface area (Å²) in [5.74, 6) is -0.110. The van der Waals surface area contributed by atoms with E-state index in [-0.39, 0.29) is 5.78 Å². The quantitative estimate of drug-likeness (QED) is 0.729. The van der Waals surface area contributed by atoms with Crippen molar-refractivity contribution in [2.45, 2.75) is 6.92 Å². The molecule has 86 valence electrons. The third-order valence-electron chi connectivity index (χ3n) is 2.48. The van der Waals surface area contributed by atoms with E-state index in [0.29, 0.717) is 21.2 Å². The highest BCUT2D eigenvalue weighted by Gasteiger charge is 2.14. The second-order valence-electron chi connectivity index (χ2n) is 3.80. The second kappa shape index (κ2) is 4.91. The maximum absolute atomic E-state index is 12.2. The lowest BCUT2D eigenvalue weighted by molar-refractivity contribution is 0.103. The molecule has 0 aliphatic carbocycles. The Kier molecular flexibility index (Phi) is 3.51. The lowest BCUT2D eigenvalue weighted by Crippen LogP contribution is -2.02. The Balaban J connectivity index is 2.48. The fraction of sp³-hybridized carbons (Fsp3) is 0.0714. The van der Waals surface area contributed by atoms with E-state index in [9.17, 15) is 4.79 Å².